The summed E-state index contributed by atoms with van der Waals surface area (Å²) in [6, 6.07) is 0.227. The van der Waals surface area contributed by atoms with Gasteiger partial charge in [0.25, 0.3) is 0 Å². The standard InChI is InChI=1S/C17H29N2O/c1-12(2)14-7-8-15-11-19(18,13(3)4)20-17(5,6)16(15)10-9-14/h7-10,12-14H,11,18H2,1-6H3/q+1. The van der Waals surface area contributed by atoms with Gasteiger partial charge in [0.15, 0.2) is 6.54 Å². The molecule has 2 unspecified atom stereocenters. The molecule has 2 rings (SSSR count). The molecule has 0 bridgehead atoms. The molecule has 1 aliphatic heterocycles. The number of hydrogen-bond acceptors (Lipinski definition) is 2. The van der Waals surface area contributed by atoms with Gasteiger partial charge in [-0.3, -0.25) is 0 Å². The molecule has 2 aliphatic rings. The van der Waals surface area contributed by atoms with Gasteiger partial charge < -0.3 is 0 Å². The first-order valence-corrected chi connectivity index (χ1v) is 7.63. The monoisotopic (exact) mass is 277 g/mol. The van der Waals surface area contributed by atoms with E-state index in [2.05, 4.69) is 65.8 Å². The van der Waals surface area contributed by atoms with Crippen LogP contribution in [-0.4, -0.2) is 22.9 Å². The number of allylic oxidation sites excluding steroid dienone is 2. The van der Waals surface area contributed by atoms with Crippen LogP contribution in [0.5, 0.6) is 0 Å². The molecular weight excluding hydrogens is 248 g/mol. The fourth-order valence-corrected chi connectivity index (χ4v) is 2.93. The van der Waals surface area contributed by atoms with Crippen molar-refractivity contribution in [3.63, 3.8) is 0 Å². The number of hydrogen-bond donors (Lipinski definition) is 1. The Kier molecular flexibility index (Phi) is 3.98. The van der Waals surface area contributed by atoms with E-state index >= 15 is 0 Å². The fraction of sp³-hybridized carbons (Fsp3) is 0.647. The first-order valence-electron chi connectivity index (χ1n) is 7.63. The number of hydroxylamine groups is 2. The number of quaternary nitrogens is 1. The molecule has 1 heterocycles. The molecule has 0 amide bonds. The van der Waals surface area contributed by atoms with E-state index in [0.717, 1.165) is 6.54 Å². The maximum Gasteiger partial charge on any atom is 0.154 e. The summed E-state index contributed by atoms with van der Waals surface area (Å²) >= 11 is 0. The van der Waals surface area contributed by atoms with Crippen LogP contribution in [0.4, 0.5) is 0 Å². The average molecular weight is 277 g/mol. The van der Waals surface area contributed by atoms with E-state index in [9.17, 15) is 0 Å². The number of nitrogens with two attached hydrogens (primary N) is 1. The zero-order chi connectivity index (χ0) is 15.1. The van der Waals surface area contributed by atoms with Crippen molar-refractivity contribution in [1.82, 2.24) is 0 Å². The van der Waals surface area contributed by atoms with E-state index in [-0.39, 0.29) is 16.4 Å². The molecule has 1 aliphatic carbocycles. The Morgan fingerprint density at radius 1 is 1.20 bits per heavy atom. The normalized spacial score (nSPS) is 32.8. The minimum Gasteiger partial charge on any atom is -0.171 e. The van der Waals surface area contributed by atoms with Gasteiger partial charge in [0.2, 0.25) is 0 Å². The van der Waals surface area contributed by atoms with Crippen LogP contribution in [0, 0.1) is 11.8 Å². The van der Waals surface area contributed by atoms with E-state index < -0.39 is 0 Å². The van der Waals surface area contributed by atoms with Crippen molar-refractivity contribution >= 4 is 0 Å². The lowest BCUT2D eigenvalue weighted by Crippen LogP contribution is -2.65. The highest BCUT2D eigenvalue weighted by molar-refractivity contribution is 5.42. The summed E-state index contributed by atoms with van der Waals surface area (Å²) < 4.78 is 0.149. The third-order valence-electron chi connectivity index (χ3n) is 4.46. The molecule has 0 aromatic carbocycles. The van der Waals surface area contributed by atoms with Crippen LogP contribution in [0.2, 0.25) is 0 Å². The molecule has 0 saturated heterocycles. The van der Waals surface area contributed by atoms with Crippen molar-refractivity contribution in [1.29, 1.82) is 0 Å². The quantitative estimate of drug-likeness (QED) is 0.619. The third-order valence-corrected chi connectivity index (χ3v) is 4.46. The Bertz CT molecular complexity index is 471. The molecule has 112 valence electrons. The first kappa shape index (κ1) is 15.5. The lowest BCUT2D eigenvalue weighted by Gasteiger charge is -2.44. The largest absolute Gasteiger partial charge is 0.171 e. The molecular formula is C17H29N2O+. The van der Waals surface area contributed by atoms with Crippen LogP contribution in [0.25, 0.3) is 0 Å². The third kappa shape index (κ3) is 2.76. The summed E-state index contributed by atoms with van der Waals surface area (Å²) in [7, 11) is 0. The van der Waals surface area contributed by atoms with Gasteiger partial charge in [0.05, 0.1) is 0 Å². The van der Waals surface area contributed by atoms with Gasteiger partial charge in [-0.1, -0.05) is 38.2 Å². The Balaban J connectivity index is 2.42. The van der Waals surface area contributed by atoms with Gasteiger partial charge in [-0.25, -0.2) is 0 Å². The SMILES string of the molecule is CC(C)C1C=CC2=C(C=C1)C(C)(C)O[N+](N)(C(C)C)C2. The maximum atomic E-state index is 6.45. The van der Waals surface area contributed by atoms with Gasteiger partial charge in [0, 0.05) is 5.57 Å². The molecule has 0 aromatic heterocycles. The average Bonchev–Trinajstić information content (AvgIpc) is 2.50. The van der Waals surface area contributed by atoms with Gasteiger partial charge >= 0.3 is 0 Å². The zero-order valence-electron chi connectivity index (χ0n) is 13.7. The second kappa shape index (κ2) is 5.14. The zero-order valence-corrected chi connectivity index (χ0v) is 13.7. The van der Waals surface area contributed by atoms with Crippen molar-refractivity contribution in [2.45, 2.75) is 53.2 Å². The van der Waals surface area contributed by atoms with Gasteiger partial charge in [0.1, 0.15) is 11.6 Å². The minimum absolute atomic E-state index is 0.149. The summed E-state index contributed by atoms with van der Waals surface area (Å²) in [6.07, 6.45) is 9.09. The molecule has 0 aromatic rings. The van der Waals surface area contributed by atoms with Crippen LogP contribution in [-0.2, 0) is 4.84 Å². The Morgan fingerprint density at radius 2 is 1.80 bits per heavy atom. The van der Waals surface area contributed by atoms with Crippen molar-refractivity contribution in [2.75, 3.05) is 6.54 Å². The Hall–Kier alpha value is -0.900. The van der Waals surface area contributed by atoms with Crippen LogP contribution in [0.3, 0.4) is 0 Å². The van der Waals surface area contributed by atoms with E-state index in [1.165, 1.54) is 11.1 Å². The van der Waals surface area contributed by atoms with E-state index in [0.29, 0.717) is 11.8 Å². The van der Waals surface area contributed by atoms with Crippen molar-refractivity contribution in [2.24, 2.45) is 17.7 Å². The van der Waals surface area contributed by atoms with Crippen LogP contribution in [0.15, 0.2) is 35.5 Å². The number of rotatable bonds is 2. The minimum atomic E-state index is -0.362. The summed E-state index contributed by atoms with van der Waals surface area (Å²) in [5.74, 6) is 7.54. The Labute approximate surface area is 123 Å². The number of nitrogens with zero attached hydrogens (tertiary/aromatic N) is 1. The summed E-state index contributed by atoms with van der Waals surface area (Å²) in [5.41, 5.74) is 2.20. The summed E-state index contributed by atoms with van der Waals surface area (Å²) in [4.78, 5) is 6.22. The summed E-state index contributed by atoms with van der Waals surface area (Å²) in [6.45, 7) is 13.7. The highest BCUT2D eigenvalue weighted by Crippen LogP contribution is 2.37. The molecule has 0 fully saturated rings. The van der Waals surface area contributed by atoms with E-state index in [1.54, 1.807) is 0 Å². The van der Waals surface area contributed by atoms with Gasteiger partial charge in [-0.15, -0.1) is 10.6 Å². The molecule has 0 radical (unpaired) electrons. The highest BCUT2D eigenvalue weighted by atomic mass is 16.8. The first-order chi connectivity index (χ1) is 9.16. The Morgan fingerprint density at radius 3 is 2.35 bits per heavy atom. The lowest BCUT2D eigenvalue weighted by molar-refractivity contribution is -1.14. The molecule has 2 N–H and O–H groups in total. The lowest BCUT2D eigenvalue weighted by atomic mass is 9.90. The topological polar surface area (TPSA) is 35.2 Å². The van der Waals surface area contributed by atoms with Crippen LogP contribution >= 0.6 is 0 Å². The van der Waals surface area contributed by atoms with Gasteiger partial charge in [-0.05, 0) is 45.1 Å². The molecule has 2 atom stereocenters. The molecule has 0 saturated carbocycles. The van der Waals surface area contributed by atoms with Crippen molar-refractivity contribution in [3.8, 4) is 0 Å². The maximum absolute atomic E-state index is 6.45. The van der Waals surface area contributed by atoms with Gasteiger partial charge in [-0.2, -0.15) is 4.84 Å². The van der Waals surface area contributed by atoms with Crippen LogP contribution < -0.4 is 5.84 Å². The second-order valence-electron chi connectivity index (χ2n) is 7.19. The smallest absolute Gasteiger partial charge is 0.154 e. The fourth-order valence-electron chi connectivity index (χ4n) is 2.93. The molecule has 0 spiro atoms. The highest BCUT2D eigenvalue weighted by Gasteiger charge is 2.45. The van der Waals surface area contributed by atoms with Crippen LogP contribution in [0.1, 0.15) is 41.5 Å². The predicted octanol–water partition coefficient (Wildman–Crippen LogP) is 3.50. The molecule has 3 heteroatoms. The molecule has 3 nitrogen and oxygen atoms in total. The molecule has 20 heavy (non-hydrogen) atoms. The van der Waals surface area contributed by atoms with E-state index in [4.69, 9.17) is 10.7 Å². The predicted molar refractivity (Wildman–Crippen MR) is 83.2 cm³/mol. The second-order valence-corrected chi connectivity index (χ2v) is 7.19. The van der Waals surface area contributed by atoms with Crippen molar-refractivity contribution < 1.29 is 9.59 Å². The summed E-state index contributed by atoms with van der Waals surface area (Å²) in [5, 5.41) is 0. The van der Waals surface area contributed by atoms with E-state index in [1.807, 2.05) is 0 Å². The van der Waals surface area contributed by atoms with Crippen molar-refractivity contribution in [3.05, 3.63) is 35.5 Å².